The Morgan fingerprint density at radius 1 is 1.00 bits per heavy atom. The van der Waals surface area contributed by atoms with Gasteiger partial charge in [-0.05, 0) is 65.9 Å². The van der Waals surface area contributed by atoms with Crippen molar-refractivity contribution in [2.75, 3.05) is 0 Å². The molecule has 0 spiro atoms. The van der Waals surface area contributed by atoms with Gasteiger partial charge < -0.3 is 4.90 Å². The van der Waals surface area contributed by atoms with E-state index in [9.17, 15) is 9.18 Å². The molecular formula is C22H19FN2O. The summed E-state index contributed by atoms with van der Waals surface area (Å²) < 4.78 is 13.5. The van der Waals surface area contributed by atoms with Gasteiger partial charge in [0.25, 0.3) is 5.91 Å². The van der Waals surface area contributed by atoms with E-state index in [1.807, 2.05) is 47.4 Å². The summed E-state index contributed by atoms with van der Waals surface area (Å²) in [5, 5.41) is 0. The smallest absolute Gasteiger partial charge is 0.254 e. The van der Waals surface area contributed by atoms with Crippen LogP contribution in [0.1, 0.15) is 28.8 Å². The number of carbonyl (C=O) groups excluding carboxylic acids is 1. The molecule has 0 aliphatic heterocycles. The summed E-state index contributed by atoms with van der Waals surface area (Å²) >= 11 is 0. The summed E-state index contributed by atoms with van der Waals surface area (Å²) in [7, 11) is 0. The van der Waals surface area contributed by atoms with Gasteiger partial charge >= 0.3 is 0 Å². The van der Waals surface area contributed by atoms with Crippen LogP contribution in [0.5, 0.6) is 0 Å². The number of nitrogens with zero attached hydrogens (tertiary/aromatic N) is 2. The maximum absolute atomic E-state index is 13.5. The minimum atomic E-state index is -0.281. The van der Waals surface area contributed by atoms with Gasteiger partial charge in [-0.15, -0.1) is 0 Å². The Kier molecular flexibility index (Phi) is 4.48. The lowest BCUT2D eigenvalue weighted by Crippen LogP contribution is -2.32. The Morgan fingerprint density at radius 2 is 1.69 bits per heavy atom. The highest BCUT2D eigenvalue weighted by Crippen LogP contribution is 2.30. The molecule has 3 nitrogen and oxygen atoms in total. The van der Waals surface area contributed by atoms with Crippen molar-refractivity contribution in [2.45, 2.75) is 25.4 Å². The van der Waals surface area contributed by atoms with Crippen LogP contribution in [-0.4, -0.2) is 21.8 Å². The number of amides is 1. The van der Waals surface area contributed by atoms with Crippen LogP contribution in [0.2, 0.25) is 0 Å². The lowest BCUT2D eigenvalue weighted by atomic mass is 10.0. The molecule has 130 valence electrons. The van der Waals surface area contributed by atoms with Crippen molar-refractivity contribution >= 4 is 5.91 Å². The van der Waals surface area contributed by atoms with Crippen molar-refractivity contribution in [1.82, 2.24) is 9.88 Å². The van der Waals surface area contributed by atoms with Gasteiger partial charge in [-0.25, -0.2) is 4.39 Å². The van der Waals surface area contributed by atoms with Crippen molar-refractivity contribution in [3.63, 3.8) is 0 Å². The van der Waals surface area contributed by atoms with E-state index in [-0.39, 0.29) is 11.7 Å². The van der Waals surface area contributed by atoms with E-state index in [0.717, 1.165) is 29.5 Å². The zero-order valence-electron chi connectivity index (χ0n) is 14.3. The van der Waals surface area contributed by atoms with Crippen LogP contribution in [-0.2, 0) is 6.54 Å². The molecule has 0 unspecified atom stereocenters. The van der Waals surface area contributed by atoms with Crippen LogP contribution >= 0.6 is 0 Å². The van der Waals surface area contributed by atoms with Gasteiger partial charge in [-0.2, -0.15) is 0 Å². The third kappa shape index (κ3) is 3.64. The number of hydrogen-bond acceptors (Lipinski definition) is 2. The number of carbonyl (C=O) groups is 1. The topological polar surface area (TPSA) is 33.2 Å². The molecule has 0 N–H and O–H groups in total. The first-order chi connectivity index (χ1) is 12.7. The number of benzene rings is 2. The van der Waals surface area contributed by atoms with E-state index in [4.69, 9.17) is 0 Å². The third-order valence-electron chi connectivity index (χ3n) is 4.62. The molecule has 3 aromatic rings. The summed E-state index contributed by atoms with van der Waals surface area (Å²) in [6, 6.07) is 18.0. The van der Waals surface area contributed by atoms with E-state index >= 15 is 0 Å². The van der Waals surface area contributed by atoms with Crippen LogP contribution in [0, 0.1) is 5.82 Å². The average Bonchev–Trinajstić information content (AvgIpc) is 3.52. The quantitative estimate of drug-likeness (QED) is 0.671. The summed E-state index contributed by atoms with van der Waals surface area (Å²) in [5.41, 5.74) is 3.32. The van der Waals surface area contributed by atoms with Crippen molar-refractivity contribution < 1.29 is 9.18 Å². The Bertz CT molecular complexity index is 922. The SMILES string of the molecule is O=C(c1cccc(-c2cccc(F)c2)c1)N(Cc1ccncc1)C1CC1. The van der Waals surface area contributed by atoms with Crippen molar-refractivity contribution in [3.05, 3.63) is 90.0 Å². The van der Waals surface area contributed by atoms with E-state index < -0.39 is 0 Å². The molecule has 1 aliphatic rings. The number of aromatic nitrogens is 1. The Labute approximate surface area is 152 Å². The van der Waals surface area contributed by atoms with Gasteiger partial charge in [-0.3, -0.25) is 9.78 Å². The first-order valence-corrected chi connectivity index (χ1v) is 8.76. The lowest BCUT2D eigenvalue weighted by molar-refractivity contribution is 0.0730. The predicted molar refractivity (Wildman–Crippen MR) is 99.0 cm³/mol. The van der Waals surface area contributed by atoms with E-state index in [0.29, 0.717) is 18.2 Å². The molecule has 1 heterocycles. The predicted octanol–water partition coefficient (Wildman–Crippen LogP) is 4.69. The fourth-order valence-corrected chi connectivity index (χ4v) is 3.10. The van der Waals surface area contributed by atoms with Crippen molar-refractivity contribution in [3.8, 4) is 11.1 Å². The lowest BCUT2D eigenvalue weighted by Gasteiger charge is -2.23. The first kappa shape index (κ1) is 16.5. The molecule has 0 atom stereocenters. The Morgan fingerprint density at radius 3 is 2.38 bits per heavy atom. The second kappa shape index (κ2) is 7.08. The molecule has 2 aromatic carbocycles. The second-order valence-corrected chi connectivity index (χ2v) is 6.61. The van der Waals surface area contributed by atoms with Crippen molar-refractivity contribution in [2.24, 2.45) is 0 Å². The first-order valence-electron chi connectivity index (χ1n) is 8.76. The molecule has 0 saturated heterocycles. The molecular weight excluding hydrogens is 327 g/mol. The maximum Gasteiger partial charge on any atom is 0.254 e. The summed E-state index contributed by atoms with van der Waals surface area (Å²) in [5.74, 6) is -0.265. The van der Waals surface area contributed by atoms with Gasteiger partial charge in [-0.1, -0.05) is 24.3 Å². The average molecular weight is 346 g/mol. The van der Waals surface area contributed by atoms with E-state index in [2.05, 4.69) is 4.98 Å². The monoisotopic (exact) mass is 346 g/mol. The normalized spacial score (nSPS) is 13.4. The largest absolute Gasteiger partial charge is 0.331 e. The van der Waals surface area contributed by atoms with Crippen molar-refractivity contribution in [1.29, 1.82) is 0 Å². The van der Waals surface area contributed by atoms with Crippen LogP contribution < -0.4 is 0 Å². The maximum atomic E-state index is 13.5. The molecule has 1 amide bonds. The zero-order valence-corrected chi connectivity index (χ0v) is 14.3. The summed E-state index contributed by atoms with van der Waals surface area (Å²) in [6.07, 6.45) is 5.58. The fourth-order valence-electron chi connectivity index (χ4n) is 3.10. The molecule has 1 aliphatic carbocycles. The molecule has 1 saturated carbocycles. The molecule has 4 heteroatoms. The summed E-state index contributed by atoms with van der Waals surface area (Å²) in [4.78, 5) is 19.1. The number of rotatable bonds is 5. The Hall–Kier alpha value is -3.01. The van der Waals surface area contributed by atoms with Gasteiger partial charge in [0.05, 0.1) is 0 Å². The van der Waals surface area contributed by atoms with Gasteiger partial charge in [0.1, 0.15) is 5.82 Å². The fraction of sp³-hybridized carbons (Fsp3) is 0.182. The molecule has 26 heavy (non-hydrogen) atoms. The zero-order chi connectivity index (χ0) is 17.9. The van der Waals surface area contributed by atoms with Crippen LogP contribution in [0.4, 0.5) is 4.39 Å². The van der Waals surface area contributed by atoms with Crippen LogP contribution in [0.25, 0.3) is 11.1 Å². The van der Waals surface area contributed by atoms with Crippen LogP contribution in [0.3, 0.4) is 0 Å². The highest BCUT2D eigenvalue weighted by Gasteiger charge is 2.33. The van der Waals surface area contributed by atoms with Gasteiger partial charge in [0.2, 0.25) is 0 Å². The Balaban J connectivity index is 1.61. The highest BCUT2D eigenvalue weighted by atomic mass is 19.1. The van der Waals surface area contributed by atoms with Crippen LogP contribution in [0.15, 0.2) is 73.1 Å². The minimum absolute atomic E-state index is 0.0163. The van der Waals surface area contributed by atoms with Gasteiger partial charge in [0, 0.05) is 30.5 Å². The summed E-state index contributed by atoms with van der Waals surface area (Å²) in [6.45, 7) is 0.580. The highest BCUT2D eigenvalue weighted by molar-refractivity contribution is 5.95. The molecule has 1 fully saturated rings. The number of pyridine rings is 1. The van der Waals surface area contributed by atoms with Gasteiger partial charge in [0.15, 0.2) is 0 Å². The number of halogens is 1. The third-order valence-corrected chi connectivity index (χ3v) is 4.62. The molecule has 4 rings (SSSR count). The number of hydrogen-bond donors (Lipinski definition) is 0. The second-order valence-electron chi connectivity index (χ2n) is 6.61. The molecule has 1 aromatic heterocycles. The van der Waals surface area contributed by atoms with E-state index in [1.54, 1.807) is 18.5 Å². The minimum Gasteiger partial charge on any atom is -0.331 e. The molecule has 0 bridgehead atoms. The standard InChI is InChI=1S/C22H19FN2O/c23-20-6-2-4-18(14-20)17-3-1-5-19(13-17)22(26)25(21-7-8-21)15-16-9-11-24-12-10-16/h1-6,9-14,21H,7-8,15H2. The molecule has 0 radical (unpaired) electrons. The van der Waals surface area contributed by atoms with E-state index in [1.165, 1.54) is 12.1 Å².